The average molecular weight is 203 g/mol. The summed E-state index contributed by atoms with van der Waals surface area (Å²) in [5.41, 5.74) is 2.11. The third kappa shape index (κ3) is 1.87. The summed E-state index contributed by atoms with van der Waals surface area (Å²) in [6, 6.07) is 2.57. The number of aromatic nitrogens is 3. The molecule has 2 aromatic rings. The average Bonchev–Trinajstić information content (AvgIpc) is 2.59. The largest absolute Gasteiger partial charge is 0.267 e. The van der Waals surface area contributed by atoms with E-state index in [1.54, 1.807) is 0 Å². The first-order valence-corrected chi connectivity index (χ1v) is 5.42. The van der Waals surface area contributed by atoms with E-state index in [4.69, 9.17) is 0 Å². The lowest BCUT2D eigenvalue weighted by molar-refractivity contribution is 0.536. The van der Waals surface area contributed by atoms with Gasteiger partial charge in [0.05, 0.1) is 0 Å². The van der Waals surface area contributed by atoms with Crippen LogP contribution in [0.2, 0.25) is 0 Å². The van der Waals surface area contributed by atoms with Crippen LogP contribution in [0.1, 0.15) is 45.2 Å². The topological polar surface area (TPSA) is 30.7 Å². The molecule has 3 nitrogen and oxygen atoms in total. The predicted molar refractivity (Wildman–Crippen MR) is 62.0 cm³/mol. The first-order valence-electron chi connectivity index (χ1n) is 5.42. The fourth-order valence-electron chi connectivity index (χ4n) is 1.53. The molecule has 0 radical (unpaired) electrons. The Morgan fingerprint density at radius 2 is 1.93 bits per heavy atom. The fourth-order valence-corrected chi connectivity index (χ4v) is 1.53. The summed E-state index contributed by atoms with van der Waals surface area (Å²) in [7, 11) is 0. The Morgan fingerprint density at radius 1 is 1.20 bits per heavy atom. The van der Waals surface area contributed by atoms with Gasteiger partial charge in [0.1, 0.15) is 0 Å². The molecule has 0 saturated heterocycles. The van der Waals surface area contributed by atoms with Gasteiger partial charge in [-0.15, -0.1) is 0 Å². The summed E-state index contributed by atoms with van der Waals surface area (Å²) < 4.78 is 1.96. The first kappa shape index (κ1) is 10.1. The highest BCUT2D eigenvalue weighted by molar-refractivity contribution is 5.74. The van der Waals surface area contributed by atoms with E-state index in [9.17, 15) is 0 Å². The van der Waals surface area contributed by atoms with Crippen molar-refractivity contribution in [1.82, 2.24) is 14.8 Å². The van der Waals surface area contributed by atoms with Crippen molar-refractivity contribution in [3.05, 3.63) is 24.0 Å². The molecular formula is C12H17N3. The zero-order valence-electron chi connectivity index (χ0n) is 9.73. The monoisotopic (exact) mass is 203 g/mol. The number of nitrogens with zero attached hydrogens (tertiary/aromatic N) is 3. The van der Waals surface area contributed by atoms with Gasteiger partial charge < -0.3 is 0 Å². The molecular weight excluding hydrogens is 186 g/mol. The molecule has 0 unspecified atom stereocenters. The second-order valence-electron chi connectivity index (χ2n) is 4.54. The smallest absolute Gasteiger partial charge is 0.181 e. The number of hydrogen-bond donors (Lipinski definition) is 0. The molecule has 2 heterocycles. The minimum absolute atomic E-state index is 0.390. The van der Waals surface area contributed by atoms with Crippen molar-refractivity contribution in [3.63, 3.8) is 0 Å². The molecule has 0 saturated carbocycles. The Bertz CT molecular complexity index is 463. The Morgan fingerprint density at radius 3 is 2.53 bits per heavy atom. The molecule has 2 aromatic heterocycles. The third-order valence-corrected chi connectivity index (χ3v) is 2.59. The first-order chi connectivity index (χ1) is 7.08. The van der Waals surface area contributed by atoms with Crippen LogP contribution >= 0.6 is 0 Å². The molecule has 0 atom stereocenters. The number of hydrogen-bond acceptors (Lipinski definition) is 2. The molecule has 0 amide bonds. The third-order valence-electron chi connectivity index (χ3n) is 2.59. The highest BCUT2D eigenvalue weighted by Gasteiger charge is 2.06. The minimum atomic E-state index is 0.390. The summed E-state index contributed by atoms with van der Waals surface area (Å²) >= 11 is 0. The van der Waals surface area contributed by atoms with Gasteiger partial charge in [-0.1, -0.05) is 13.8 Å². The van der Waals surface area contributed by atoms with Crippen LogP contribution in [0.3, 0.4) is 0 Å². The Hall–Kier alpha value is -1.38. The van der Waals surface area contributed by atoms with E-state index in [0.29, 0.717) is 12.0 Å². The maximum Gasteiger partial charge on any atom is 0.181 e. The zero-order chi connectivity index (χ0) is 11.0. The van der Waals surface area contributed by atoms with Crippen LogP contribution in [0.5, 0.6) is 0 Å². The quantitative estimate of drug-likeness (QED) is 0.750. The maximum atomic E-state index is 4.42. The van der Waals surface area contributed by atoms with Crippen LogP contribution in [0.15, 0.2) is 18.5 Å². The van der Waals surface area contributed by atoms with E-state index in [2.05, 4.69) is 50.0 Å². The molecule has 80 valence electrons. The molecule has 2 rings (SSSR count). The molecule has 15 heavy (non-hydrogen) atoms. The zero-order valence-corrected chi connectivity index (χ0v) is 9.73. The minimum Gasteiger partial charge on any atom is -0.267 e. The lowest BCUT2D eigenvalue weighted by atomic mass is 10.1. The molecule has 0 bridgehead atoms. The summed E-state index contributed by atoms with van der Waals surface area (Å²) in [5.74, 6) is 0.518. The summed E-state index contributed by atoms with van der Waals surface area (Å²) in [4.78, 5) is 4.37. The van der Waals surface area contributed by atoms with Crippen molar-refractivity contribution in [1.29, 1.82) is 0 Å². The van der Waals surface area contributed by atoms with Crippen LogP contribution in [-0.2, 0) is 0 Å². The van der Waals surface area contributed by atoms with Crippen molar-refractivity contribution in [3.8, 4) is 0 Å². The lowest BCUT2D eigenvalue weighted by Crippen LogP contribution is -2.00. The molecule has 3 heteroatoms. The highest BCUT2D eigenvalue weighted by atomic mass is 15.3. The second-order valence-corrected chi connectivity index (χ2v) is 4.54. The van der Waals surface area contributed by atoms with E-state index in [-0.39, 0.29) is 0 Å². The van der Waals surface area contributed by atoms with Crippen molar-refractivity contribution in [2.75, 3.05) is 0 Å². The van der Waals surface area contributed by atoms with E-state index >= 15 is 0 Å². The van der Waals surface area contributed by atoms with Gasteiger partial charge in [0.2, 0.25) is 0 Å². The van der Waals surface area contributed by atoms with Crippen molar-refractivity contribution < 1.29 is 0 Å². The van der Waals surface area contributed by atoms with Crippen LogP contribution in [0, 0.1) is 0 Å². The highest BCUT2D eigenvalue weighted by Crippen LogP contribution is 2.19. The molecule has 0 aliphatic heterocycles. The molecule has 0 aliphatic rings. The standard InChI is InChI=1S/C12H17N3/c1-8(2)10-5-11-7-15(9(3)4)14-12(11)13-6-10/h5-9H,1-4H3. The van der Waals surface area contributed by atoms with Crippen molar-refractivity contribution >= 4 is 11.0 Å². The summed E-state index contributed by atoms with van der Waals surface area (Å²) in [6.07, 6.45) is 3.99. The second kappa shape index (κ2) is 3.65. The summed E-state index contributed by atoms with van der Waals surface area (Å²) in [6.45, 7) is 8.59. The van der Waals surface area contributed by atoms with Crippen LogP contribution in [0.4, 0.5) is 0 Å². The van der Waals surface area contributed by atoms with Crippen LogP contribution < -0.4 is 0 Å². The lowest BCUT2D eigenvalue weighted by Gasteiger charge is -2.02. The molecule has 0 aliphatic carbocycles. The molecule has 0 aromatic carbocycles. The van der Waals surface area contributed by atoms with Gasteiger partial charge in [-0.25, -0.2) is 4.98 Å². The predicted octanol–water partition coefficient (Wildman–Crippen LogP) is 3.14. The van der Waals surface area contributed by atoms with Gasteiger partial charge in [-0.05, 0) is 31.4 Å². The van der Waals surface area contributed by atoms with Crippen LogP contribution in [-0.4, -0.2) is 14.8 Å². The Kier molecular flexibility index (Phi) is 2.47. The van der Waals surface area contributed by atoms with Gasteiger partial charge in [0.25, 0.3) is 0 Å². The van der Waals surface area contributed by atoms with E-state index < -0.39 is 0 Å². The van der Waals surface area contributed by atoms with Gasteiger partial charge >= 0.3 is 0 Å². The SMILES string of the molecule is CC(C)c1cnc2nn(C(C)C)cc2c1. The van der Waals surface area contributed by atoms with Gasteiger partial charge in [-0.3, -0.25) is 4.68 Å². The normalized spacial score (nSPS) is 11.9. The molecule has 0 spiro atoms. The van der Waals surface area contributed by atoms with E-state index in [1.165, 1.54) is 5.56 Å². The van der Waals surface area contributed by atoms with E-state index in [1.807, 2.05) is 10.9 Å². The van der Waals surface area contributed by atoms with E-state index in [0.717, 1.165) is 11.0 Å². The van der Waals surface area contributed by atoms with Crippen LogP contribution in [0.25, 0.3) is 11.0 Å². The van der Waals surface area contributed by atoms with Gasteiger partial charge in [0.15, 0.2) is 5.65 Å². The number of rotatable bonds is 2. The van der Waals surface area contributed by atoms with Crippen molar-refractivity contribution in [2.45, 2.75) is 39.7 Å². The molecule has 0 fully saturated rings. The maximum absolute atomic E-state index is 4.42. The Balaban J connectivity index is 2.52. The fraction of sp³-hybridized carbons (Fsp3) is 0.500. The number of pyridine rings is 1. The number of fused-ring (bicyclic) bond motifs is 1. The Labute approximate surface area is 90.1 Å². The van der Waals surface area contributed by atoms with Gasteiger partial charge in [-0.2, -0.15) is 5.10 Å². The summed E-state index contributed by atoms with van der Waals surface area (Å²) in [5, 5.41) is 5.55. The van der Waals surface area contributed by atoms with Gasteiger partial charge in [0, 0.05) is 23.8 Å². The van der Waals surface area contributed by atoms with Crippen molar-refractivity contribution in [2.24, 2.45) is 0 Å². The molecule has 0 N–H and O–H groups in total.